The third-order valence-corrected chi connectivity index (χ3v) is 4.41. The average molecular weight is 324 g/mol. The third kappa shape index (κ3) is 2.95. The molecule has 2 aliphatic heterocycles. The van der Waals surface area contributed by atoms with Gasteiger partial charge in [0.25, 0.3) is 0 Å². The normalized spacial score (nSPS) is 28.2. The summed E-state index contributed by atoms with van der Waals surface area (Å²) in [5.74, 6) is -0.393. The summed E-state index contributed by atoms with van der Waals surface area (Å²) < 4.78 is 0. The van der Waals surface area contributed by atoms with Crippen LogP contribution in [0.1, 0.15) is 12.8 Å². The Labute approximate surface area is 133 Å². The Kier molecular flexibility index (Phi) is 4.33. The van der Waals surface area contributed by atoms with Crippen molar-refractivity contribution >= 4 is 29.1 Å². The summed E-state index contributed by atoms with van der Waals surface area (Å²) in [6, 6.07) is 6.19. The molecular weight excluding hydrogens is 306 g/mol. The van der Waals surface area contributed by atoms with Gasteiger partial charge in [-0.2, -0.15) is 0 Å². The minimum atomic E-state index is -0.539. The van der Waals surface area contributed by atoms with Crippen molar-refractivity contribution in [2.75, 3.05) is 18.0 Å². The number of hydrogen-bond acceptors (Lipinski definition) is 4. The van der Waals surface area contributed by atoms with E-state index in [9.17, 15) is 14.7 Å². The Balaban J connectivity index is 1.64. The Morgan fingerprint density at radius 1 is 1.41 bits per heavy atom. The second-order valence-corrected chi connectivity index (χ2v) is 6.05. The molecule has 3 N–H and O–H groups in total. The van der Waals surface area contributed by atoms with Crippen LogP contribution in [0, 0.1) is 0 Å². The van der Waals surface area contributed by atoms with Crippen molar-refractivity contribution in [2.45, 2.75) is 31.0 Å². The van der Waals surface area contributed by atoms with Gasteiger partial charge in [-0.15, -0.1) is 0 Å². The molecule has 0 spiro atoms. The zero-order valence-corrected chi connectivity index (χ0v) is 12.7. The van der Waals surface area contributed by atoms with Crippen LogP contribution in [0.3, 0.4) is 0 Å². The molecule has 0 aromatic heterocycles. The summed E-state index contributed by atoms with van der Waals surface area (Å²) in [6.45, 7) is 0.927. The Hall–Kier alpha value is -1.63. The summed E-state index contributed by atoms with van der Waals surface area (Å²) in [6.07, 6.45) is 0.418. The summed E-state index contributed by atoms with van der Waals surface area (Å²) in [4.78, 5) is 26.2. The van der Waals surface area contributed by atoms with Gasteiger partial charge in [-0.05, 0) is 25.0 Å². The molecule has 2 heterocycles. The monoisotopic (exact) mass is 323 g/mol. The minimum Gasteiger partial charge on any atom is -0.392 e. The molecule has 2 fully saturated rings. The van der Waals surface area contributed by atoms with E-state index >= 15 is 0 Å². The molecule has 7 heteroatoms. The van der Waals surface area contributed by atoms with Crippen LogP contribution >= 0.6 is 11.6 Å². The van der Waals surface area contributed by atoms with E-state index in [0.29, 0.717) is 36.6 Å². The number of aliphatic hydroxyl groups excluding tert-OH is 1. The molecule has 2 aliphatic rings. The lowest BCUT2D eigenvalue weighted by atomic mass is 10.1. The number of β-amino-alcohol motifs (C(OH)–C–C–N with tert-alkyl or cyclic N) is 1. The van der Waals surface area contributed by atoms with Gasteiger partial charge >= 0.3 is 0 Å². The summed E-state index contributed by atoms with van der Waals surface area (Å²) in [5.41, 5.74) is 0.667. The van der Waals surface area contributed by atoms with Crippen molar-refractivity contribution in [2.24, 2.45) is 0 Å². The van der Waals surface area contributed by atoms with Gasteiger partial charge in [0, 0.05) is 13.1 Å². The van der Waals surface area contributed by atoms with Crippen molar-refractivity contribution in [1.29, 1.82) is 0 Å². The van der Waals surface area contributed by atoms with Crippen LogP contribution in [0.25, 0.3) is 0 Å². The topological polar surface area (TPSA) is 81.7 Å². The van der Waals surface area contributed by atoms with E-state index in [4.69, 9.17) is 11.6 Å². The second kappa shape index (κ2) is 6.24. The fourth-order valence-electron chi connectivity index (χ4n) is 2.91. The number of halogens is 1. The number of nitrogens with one attached hydrogen (secondary N) is 2. The average Bonchev–Trinajstić information content (AvgIpc) is 3.07. The number of hydrogen-bond donors (Lipinski definition) is 3. The highest BCUT2D eigenvalue weighted by atomic mass is 35.5. The van der Waals surface area contributed by atoms with Crippen molar-refractivity contribution in [3.05, 3.63) is 29.3 Å². The van der Waals surface area contributed by atoms with Crippen molar-refractivity contribution in [3.63, 3.8) is 0 Å². The van der Waals surface area contributed by atoms with Crippen molar-refractivity contribution in [1.82, 2.24) is 10.6 Å². The first-order chi connectivity index (χ1) is 10.6. The lowest BCUT2D eigenvalue weighted by molar-refractivity contribution is -0.127. The van der Waals surface area contributed by atoms with Crippen molar-refractivity contribution < 1.29 is 14.7 Å². The molecule has 0 unspecified atom stereocenters. The van der Waals surface area contributed by atoms with Crippen LogP contribution in [0.5, 0.6) is 0 Å². The number of nitrogens with zero attached hydrogens (tertiary/aromatic N) is 1. The van der Waals surface area contributed by atoms with Crippen molar-refractivity contribution in [3.8, 4) is 0 Å². The minimum absolute atomic E-state index is 0.153. The molecule has 0 saturated carbocycles. The van der Waals surface area contributed by atoms with Gasteiger partial charge in [-0.3, -0.25) is 9.59 Å². The molecule has 0 bridgehead atoms. The maximum absolute atomic E-state index is 12.5. The van der Waals surface area contributed by atoms with Gasteiger partial charge in [0.1, 0.15) is 6.04 Å². The van der Waals surface area contributed by atoms with E-state index in [1.807, 2.05) is 12.1 Å². The van der Waals surface area contributed by atoms with Gasteiger partial charge in [0.15, 0.2) is 0 Å². The van der Waals surface area contributed by atoms with Crippen LogP contribution in [0.4, 0.5) is 5.69 Å². The molecular formula is C15H18ClN3O3. The third-order valence-electron chi connectivity index (χ3n) is 4.09. The summed E-state index contributed by atoms with van der Waals surface area (Å²) in [7, 11) is 0. The van der Waals surface area contributed by atoms with E-state index in [1.54, 1.807) is 17.0 Å². The largest absolute Gasteiger partial charge is 0.392 e. The van der Waals surface area contributed by atoms with E-state index in [2.05, 4.69) is 10.6 Å². The number of carbonyl (C=O) groups is 2. The highest BCUT2D eigenvalue weighted by Gasteiger charge is 2.37. The zero-order chi connectivity index (χ0) is 15.7. The molecule has 22 heavy (non-hydrogen) atoms. The fourth-order valence-corrected chi connectivity index (χ4v) is 3.15. The fraction of sp³-hybridized carbons (Fsp3) is 0.467. The van der Waals surface area contributed by atoms with E-state index in [0.717, 1.165) is 0 Å². The highest BCUT2D eigenvalue weighted by Crippen LogP contribution is 2.29. The van der Waals surface area contributed by atoms with Gasteiger partial charge < -0.3 is 20.6 Å². The number of anilines is 1. The second-order valence-electron chi connectivity index (χ2n) is 5.64. The molecule has 1 aromatic carbocycles. The molecule has 118 valence electrons. The Morgan fingerprint density at radius 3 is 2.86 bits per heavy atom. The predicted molar refractivity (Wildman–Crippen MR) is 82.8 cm³/mol. The predicted octanol–water partition coefficient (Wildman–Crippen LogP) is 0.284. The number of carbonyl (C=O) groups excluding carboxylic acids is 2. The highest BCUT2D eigenvalue weighted by molar-refractivity contribution is 6.34. The number of amides is 2. The summed E-state index contributed by atoms with van der Waals surface area (Å²) in [5, 5.41) is 15.7. The number of para-hydroxylation sites is 1. The Morgan fingerprint density at radius 2 is 2.18 bits per heavy atom. The van der Waals surface area contributed by atoms with Crippen LogP contribution in [0.15, 0.2) is 24.3 Å². The molecule has 2 saturated heterocycles. The number of benzene rings is 1. The van der Waals surface area contributed by atoms with E-state index < -0.39 is 18.2 Å². The first kappa shape index (κ1) is 15.3. The quantitative estimate of drug-likeness (QED) is 0.746. The zero-order valence-electron chi connectivity index (χ0n) is 12.0. The summed E-state index contributed by atoms with van der Waals surface area (Å²) >= 11 is 6.12. The maximum atomic E-state index is 12.5. The van der Waals surface area contributed by atoms with Crippen LogP contribution in [-0.2, 0) is 9.59 Å². The van der Waals surface area contributed by atoms with Crippen LogP contribution in [-0.4, -0.2) is 48.2 Å². The van der Waals surface area contributed by atoms with Gasteiger partial charge in [-0.25, -0.2) is 0 Å². The lowest BCUT2D eigenvalue weighted by Gasteiger charge is -2.19. The SMILES string of the molecule is O=C(N[C@@H]1CCN(c2ccccc2Cl)C1=O)[C@H]1C[C@@H](O)CN1. The first-order valence-electron chi connectivity index (χ1n) is 7.34. The smallest absolute Gasteiger partial charge is 0.249 e. The molecule has 6 nitrogen and oxygen atoms in total. The van der Waals surface area contributed by atoms with Gasteiger partial charge in [-0.1, -0.05) is 23.7 Å². The number of aliphatic hydroxyl groups is 1. The Bertz CT molecular complexity index is 595. The first-order valence-corrected chi connectivity index (χ1v) is 7.72. The van der Waals surface area contributed by atoms with E-state index in [1.165, 1.54) is 0 Å². The standard InChI is InChI=1S/C15H18ClN3O3/c16-10-3-1-2-4-13(10)19-6-5-11(15(19)22)18-14(21)12-7-9(20)8-17-12/h1-4,9,11-12,17,20H,5-8H2,(H,18,21)/t9-,11-,12-/m1/s1. The van der Waals surface area contributed by atoms with Gasteiger partial charge in [0.05, 0.1) is 22.9 Å². The maximum Gasteiger partial charge on any atom is 0.249 e. The number of rotatable bonds is 3. The molecule has 1 aromatic rings. The lowest BCUT2D eigenvalue weighted by Crippen LogP contribution is -2.48. The van der Waals surface area contributed by atoms with Crippen LogP contribution in [0.2, 0.25) is 5.02 Å². The molecule has 3 atom stereocenters. The molecule has 0 aliphatic carbocycles. The van der Waals surface area contributed by atoms with Crippen LogP contribution < -0.4 is 15.5 Å². The molecule has 3 rings (SSSR count). The molecule has 0 radical (unpaired) electrons. The van der Waals surface area contributed by atoms with E-state index in [-0.39, 0.29) is 11.8 Å². The van der Waals surface area contributed by atoms with Gasteiger partial charge in [0.2, 0.25) is 11.8 Å². The molecule has 2 amide bonds.